The molecule has 1 amide bonds. The van der Waals surface area contributed by atoms with Gasteiger partial charge >= 0.3 is 0 Å². The van der Waals surface area contributed by atoms with Crippen molar-refractivity contribution in [3.63, 3.8) is 0 Å². The lowest BCUT2D eigenvalue weighted by Gasteiger charge is -2.17. The van der Waals surface area contributed by atoms with Gasteiger partial charge in [-0.1, -0.05) is 13.0 Å². The molecule has 1 heterocycles. The Kier molecular flexibility index (Phi) is 6.25. The second kappa shape index (κ2) is 8.52. The Morgan fingerprint density at radius 3 is 2.48 bits per heavy atom. The summed E-state index contributed by atoms with van der Waals surface area (Å²) in [6, 6.07) is 12.3. The van der Waals surface area contributed by atoms with Gasteiger partial charge in [-0.25, -0.2) is 21.6 Å². The number of benzene rings is 2. The van der Waals surface area contributed by atoms with E-state index in [0.29, 0.717) is 37.3 Å². The molecule has 29 heavy (non-hydrogen) atoms. The molecule has 0 spiro atoms. The lowest BCUT2D eigenvalue weighted by Crippen LogP contribution is -2.25. The Bertz CT molecular complexity index is 1100. The molecule has 3 rings (SSSR count). The van der Waals surface area contributed by atoms with E-state index in [-0.39, 0.29) is 16.2 Å². The van der Waals surface area contributed by atoms with E-state index >= 15 is 0 Å². The van der Waals surface area contributed by atoms with Gasteiger partial charge in [0.1, 0.15) is 0 Å². The number of sulfonamides is 2. The minimum Gasteiger partial charge on any atom is -0.322 e. The Hall–Kier alpha value is -2.43. The predicted octanol–water partition coefficient (Wildman–Crippen LogP) is 2.17. The molecule has 1 fully saturated rings. The molecule has 0 bridgehead atoms. The number of nitrogens with zero attached hydrogens (tertiary/aromatic N) is 1. The highest BCUT2D eigenvalue weighted by atomic mass is 32.2. The van der Waals surface area contributed by atoms with Crippen LogP contribution in [0.25, 0.3) is 0 Å². The normalized spacial score (nSPS) is 16.0. The molecule has 0 unspecified atom stereocenters. The molecule has 0 radical (unpaired) electrons. The van der Waals surface area contributed by atoms with E-state index in [9.17, 15) is 21.6 Å². The molecular formula is C19H23N3O5S2. The van der Waals surface area contributed by atoms with E-state index in [2.05, 4.69) is 10.0 Å². The van der Waals surface area contributed by atoms with Crippen LogP contribution in [-0.4, -0.2) is 41.6 Å². The highest BCUT2D eigenvalue weighted by molar-refractivity contribution is 7.93. The van der Waals surface area contributed by atoms with Crippen LogP contribution in [0.1, 0.15) is 30.1 Å². The first kappa shape index (κ1) is 21.3. The van der Waals surface area contributed by atoms with Gasteiger partial charge < -0.3 is 5.32 Å². The lowest BCUT2D eigenvalue weighted by atomic mass is 10.2. The summed E-state index contributed by atoms with van der Waals surface area (Å²) in [5.41, 5.74) is 1.24. The maximum Gasteiger partial charge on any atom is 0.255 e. The minimum absolute atomic E-state index is 0.0215. The SMILES string of the molecule is CCCNS(=O)(=O)c1cccc(C(=O)Nc2ccc(N3CCCS3(=O)=O)cc2)c1. The number of nitrogens with one attached hydrogen (secondary N) is 2. The highest BCUT2D eigenvalue weighted by Gasteiger charge is 2.28. The predicted molar refractivity (Wildman–Crippen MR) is 112 cm³/mol. The average Bonchev–Trinajstić information content (AvgIpc) is 3.06. The number of hydrogen-bond donors (Lipinski definition) is 2. The fourth-order valence-electron chi connectivity index (χ4n) is 2.97. The fraction of sp³-hybridized carbons (Fsp3) is 0.316. The van der Waals surface area contributed by atoms with Gasteiger partial charge in [-0.15, -0.1) is 0 Å². The fourth-order valence-corrected chi connectivity index (χ4v) is 5.71. The number of carbonyl (C=O) groups is 1. The molecule has 8 nitrogen and oxygen atoms in total. The van der Waals surface area contributed by atoms with Gasteiger partial charge in [0.25, 0.3) is 5.91 Å². The van der Waals surface area contributed by atoms with Gasteiger partial charge in [0.15, 0.2) is 0 Å². The van der Waals surface area contributed by atoms with E-state index < -0.39 is 26.0 Å². The molecule has 0 atom stereocenters. The second-order valence-electron chi connectivity index (χ2n) is 6.67. The third-order valence-corrected chi connectivity index (χ3v) is 7.79. The summed E-state index contributed by atoms with van der Waals surface area (Å²) in [5, 5.41) is 2.70. The Morgan fingerprint density at radius 2 is 1.86 bits per heavy atom. The van der Waals surface area contributed by atoms with Gasteiger partial charge in [-0.05, 0) is 55.3 Å². The first-order valence-electron chi connectivity index (χ1n) is 9.24. The van der Waals surface area contributed by atoms with E-state index in [1.165, 1.54) is 28.6 Å². The number of hydrogen-bond acceptors (Lipinski definition) is 5. The molecule has 1 saturated heterocycles. The van der Waals surface area contributed by atoms with Crippen LogP contribution in [0.2, 0.25) is 0 Å². The number of carbonyl (C=O) groups excluding carboxylic acids is 1. The summed E-state index contributed by atoms with van der Waals surface area (Å²) in [6.07, 6.45) is 1.25. The Labute approximate surface area is 171 Å². The summed E-state index contributed by atoms with van der Waals surface area (Å²) in [4.78, 5) is 12.5. The Morgan fingerprint density at radius 1 is 1.14 bits per heavy atom. The molecular weight excluding hydrogens is 414 g/mol. The van der Waals surface area contributed by atoms with Crippen LogP contribution in [0, 0.1) is 0 Å². The van der Waals surface area contributed by atoms with Gasteiger partial charge in [-0.2, -0.15) is 0 Å². The third kappa shape index (κ3) is 4.95. The molecule has 1 aliphatic rings. The summed E-state index contributed by atoms with van der Waals surface area (Å²) < 4.78 is 52.3. The Balaban J connectivity index is 1.73. The molecule has 0 saturated carbocycles. The van der Waals surface area contributed by atoms with E-state index in [0.717, 1.165) is 0 Å². The van der Waals surface area contributed by atoms with Crippen LogP contribution in [0.3, 0.4) is 0 Å². The zero-order chi connectivity index (χ0) is 21.1. The molecule has 0 aromatic heterocycles. The van der Waals surface area contributed by atoms with Crippen LogP contribution < -0.4 is 14.3 Å². The van der Waals surface area contributed by atoms with E-state index in [4.69, 9.17) is 0 Å². The number of rotatable bonds is 7. The monoisotopic (exact) mass is 437 g/mol. The summed E-state index contributed by atoms with van der Waals surface area (Å²) in [7, 11) is -6.93. The van der Waals surface area contributed by atoms with E-state index in [1.54, 1.807) is 24.3 Å². The van der Waals surface area contributed by atoms with Crippen molar-refractivity contribution >= 4 is 37.3 Å². The van der Waals surface area contributed by atoms with Crippen LogP contribution in [0.5, 0.6) is 0 Å². The standard InChI is InChI=1S/C19H23N3O5S2/c1-2-11-20-29(26,27)18-6-3-5-15(14-18)19(23)21-16-7-9-17(10-8-16)22-12-4-13-28(22,24)25/h3,5-10,14,20H,2,4,11-13H2,1H3,(H,21,23). The topological polar surface area (TPSA) is 113 Å². The zero-order valence-electron chi connectivity index (χ0n) is 16.0. The molecule has 0 aliphatic carbocycles. The zero-order valence-corrected chi connectivity index (χ0v) is 17.6. The average molecular weight is 438 g/mol. The first-order valence-corrected chi connectivity index (χ1v) is 12.3. The highest BCUT2D eigenvalue weighted by Crippen LogP contribution is 2.25. The van der Waals surface area contributed by atoms with Crippen LogP contribution in [0.15, 0.2) is 53.4 Å². The largest absolute Gasteiger partial charge is 0.322 e. The van der Waals surface area contributed by atoms with Crippen LogP contribution in [-0.2, 0) is 20.0 Å². The molecule has 156 valence electrons. The molecule has 2 aromatic carbocycles. The second-order valence-corrected chi connectivity index (χ2v) is 10.4. The van der Waals surface area contributed by atoms with Gasteiger partial charge in [0, 0.05) is 24.3 Å². The van der Waals surface area contributed by atoms with Crippen molar-refractivity contribution in [1.82, 2.24) is 4.72 Å². The molecule has 10 heteroatoms. The summed E-state index contributed by atoms with van der Waals surface area (Å²) in [6.45, 7) is 2.62. The van der Waals surface area contributed by atoms with Gasteiger partial charge in [0.2, 0.25) is 20.0 Å². The summed E-state index contributed by atoms with van der Waals surface area (Å²) in [5.74, 6) is -0.322. The molecule has 2 N–H and O–H groups in total. The first-order chi connectivity index (χ1) is 13.7. The molecule has 2 aromatic rings. The minimum atomic E-state index is -3.67. The van der Waals surface area contributed by atoms with Crippen LogP contribution >= 0.6 is 0 Å². The van der Waals surface area contributed by atoms with Crippen molar-refractivity contribution in [2.24, 2.45) is 0 Å². The lowest BCUT2D eigenvalue weighted by molar-refractivity contribution is 0.102. The maximum absolute atomic E-state index is 12.5. The summed E-state index contributed by atoms with van der Waals surface area (Å²) >= 11 is 0. The van der Waals surface area contributed by atoms with Crippen molar-refractivity contribution in [2.45, 2.75) is 24.7 Å². The van der Waals surface area contributed by atoms with Crippen molar-refractivity contribution in [3.8, 4) is 0 Å². The van der Waals surface area contributed by atoms with Crippen molar-refractivity contribution in [1.29, 1.82) is 0 Å². The number of anilines is 2. The van der Waals surface area contributed by atoms with Gasteiger partial charge in [0.05, 0.1) is 16.3 Å². The van der Waals surface area contributed by atoms with Crippen molar-refractivity contribution in [2.75, 3.05) is 28.5 Å². The number of amides is 1. The van der Waals surface area contributed by atoms with Crippen molar-refractivity contribution in [3.05, 3.63) is 54.1 Å². The van der Waals surface area contributed by atoms with E-state index in [1.807, 2.05) is 6.92 Å². The van der Waals surface area contributed by atoms with Crippen molar-refractivity contribution < 1.29 is 21.6 Å². The quantitative estimate of drug-likeness (QED) is 0.689. The third-order valence-electron chi connectivity index (χ3n) is 4.46. The van der Waals surface area contributed by atoms with Crippen LogP contribution in [0.4, 0.5) is 11.4 Å². The molecule has 1 aliphatic heterocycles. The smallest absolute Gasteiger partial charge is 0.255 e. The van der Waals surface area contributed by atoms with Gasteiger partial charge in [-0.3, -0.25) is 9.10 Å². The maximum atomic E-state index is 12.5.